The SMILES string of the molecule is CC/C=C\C/C=C\C/C=C\C/C=C\C/C=C\C/C=C\C/C=C\CCCC(=O)OC(COC(=O)CCCCC/C=C\C/C=C\C/C=C\CC)COC(=O)CCCCCCCCCCC/C=C\C/C=C\C/C=C\C/C=C\C/C=C\CC. The van der Waals surface area contributed by atoms with Crippen molar-refractivity contribution >= 4 is 17.9 Å². The minimum Gasteiger partial charge on any atom is -0.462 e. The smallest absolute Gasteiger partial charge is 0.306 e. The van der Waals surface area contributed by atoms with Crippen LogP contribution in [0.2, 0.25) is 0 Å². The van der Waals surface area contributed by atoms with E-state index in [-0.39, 0.29) is 37.5 Å². The maximum Gasteiger partial charge on any atom is 0.306 e. The fraction of sp³-hybridized carbons (Fsp3) is 0.548. The molecule has 0 fully saturated rings. The number of allylic oxidation sites excluding steroid dienone is 30. The van der Waals surface area contributed by atoms with Gasteiger partial charge < -0.3 is 14.2 Å². The summed E-state index contributed by atoms with van der Waals surface area (Å²) in [5.74, 6) is -1.03. The number of hydrogen-bond donors (Lipinski definition) is 0. The molecule has 0 aliphatic heterocycles. The van der Waals surface area contributed by atoms with Crippen molar-refractivity contribution in [1.82, 2.24) is 0 Å². The minimum atomic E-state index is -0.835. The molecule has 1 unspecified atom stereocenters. The Kier molecular flexibility index (Phi) is 60.5. The van der Waals surface area contributed by atoms with Crippen LogP contribution in [0.4, 0.5) is 0 Å². The lowest BCUT2D eigenvalue weighted by molar-refractivity contribution is -0.167. The molecule has 0 aromatic heterocycles. The van der Waals surface area contributed by atoms with Crippen molar-refractivity contribution in [2.24, 2.45) is 0 Å². The van der Waals surface area contributed by atoms with Crippen molar-refractivity contribution < 1.29 is 28.6 Å². The highest BCUT2D eigenvalue weighted by Gasteiger charge is 2.19. The third-order valence-electron chi connectivity index (χ3n) is 12.4. The van der Waals surface area contributed by atoms with E-state index in [1.54, 1.807) is 0 Å². The second-order valence-corrected chi connectivity index (χ2v) is 19.8. The Morgan fingerprint density at radius 2 is 0.468 bits per heavy atom. The first-order chi connectivity index (χ1) is 39.0. The number of esters is 3. The fourth-order valence-electron chi connectivity index (χ4n) is 7.82. The van der Waals surface area contributed by atoms with Gasteiger partial charge in [-0.3, -0.25) is 14.4 Å². The van der Waals surface area contributed by atoms with Crippen LogP contribution in [0.5, 0.6) is 0 Å². The van der Waals surface area contributed by atoms with Crippen LogP contribution in [0.3, 0.4) is 0 Å². The van der Waals surface area contributed by atoms with E-state index in [4.69, 9.17) is 14.2 Å². The molecule has 0 bridgehead atoms. The zero-order valence-electron chi connectivity index (χ0n) is 50.3. The molecule has 0 saturated carbocycles. The average molecular weight is 1090 g/mol. The predicted octanol–water partition coefficient (Wildman–Crippen LogP) is 21.7. The largest absolute Gasteiger partial charge is 0.462 e. The van der Waals surface area contributed by atoms with Crippen LogP contribution in [0.15, 0.2) is 182 Å². The molecule has 0 radical (unpaired) electrons. The quantitative estimate of drug-likeness (QED) is 0.0261. The molecule has 0 saturated heterocycles. The van der Waals surface area contributed by atoms with Crippen molar-refractivity contribution in [3.8, 4) is 0 Å². The van der Waals surface area contributed by atoms with Gasteiger partial charge in [0.25, 0.3) is 0 Å². The molecule has 0 aliphatic carbocycles. The van der Waals surface area contributed by atoms with Gasteiger partial charge in [0.2, 0.25) is 0 Å². The zero-order chi connectivity index (χ0) is 57.1. The summed E-state index contributed by atoms with van der Waals surface area (Å²) >= 11 is 0. The Morgan fingerprint density at radius 3 is 0.759 bits per heavy atom. The van der Waals surface area contributed by atoms with E-state index in [0.717, 1.165) is 154 Å². The minimum absolute atomic E-state index is 0.123. The van der Waals surface area contributed by atoms with Crippen LogP contribution in [0, 0.1) is 0 Å². The molecule has 0 heterocycles. The highest BCUT2D eigenvalue weighted by Crippen LogP contribution is 2.14. The van der Waals surface area contributed by atoms with Crippen molar-refractivity contribution in [2.75, 3.05) is 13.2 Å². The maximum absolute atomic E-state index is 12.9. The Hall–Kier alpha value is -5.49. The van der Waals surface area contributed by atoms with Gasteiger partial charge in [0.1, 0.15) is 13.2 Å². The normalized spacial score (nSPS) is 13.4. The predicted molar refractivity (Wildman–Crippen MR) is 343 cm³/mol. The summed E-state index contributed by atoms with van der Waals surface area (Å²) < 4.78 is 16.8. The van der Waals surface area contributed by atoms with Gasteiger partial charge >= 0.3 is 17.9 Å². The van der Waals surface area contributed by atoms with E-state index < -0.39 is 6.10 Å². The van der Waals surface area contributed by atoms with Gasteiger partial charge in [0, 0.05) is 19.3 Å². The molecule has 6 nitrogen and oxygen atoms in total. The summed E-state index contributed by atoms with van der Waals surface area (Å²) in [6.45, 7) is 6.21. The van der Waals surface area contributed by atoms with Gasteiger partial charge in [0.05, 0.1) is 0 Å². The zero-order valence-corrected chi connectivity index (χ0v) is 50.3. The monoisotopic (exact) mass is 1080 g/mol. The molecule has 0 aromatic carbocycles. The summed E-state index contributed by atoms with van der Waals surface area (Å²) in [6.07, 6.45) is 97.6. The number of carbonyl (C=O) groups is 3. The number of unbranched alkanes of at least 4 members (excludes halogenated alkanes) is 13. The van der Waals surface area contributed by atoms with Crippen LogP contribution in [0.1, 0.15) is 239 Å². The van der Waals surface area contributed by atoms with Gasteiger partial charge in [-0.05, 0) is 148 Å². The van der Waals surface area contributed by atoms with Gasteiger partial charge in [-0.1, -0.05) is 254 Å². The fourth-order valence-corrected chi connectivity index (χ4v) is 7.82. The molecule has 0 rings (SSSR count). The van der Waals surface area contributed by atoms with Crippen LogP contribution in [-0.4, -0.2) is 37.2 Å². The number of ether oxygens (including phenoxy) is 3. The molecule has 79 heavy (non-hydrogen) atoms. The van der Waals surface area contributed by atoms with Crippen molar-refractivity contribution in [3.05, 3.63) is 182 Å². The Labute approximate surface area is 484 Å². The molecule has 0 amide bonds. The highest BCUT2D eigenvalue weighted by molar-refractivity contribution is 5.71. The third kappa shape index (κ3) is 63.2. The van der Waals surface area contributed by atoms with Crippen LogP contribution < -0.4 is 0 Å². The molecule has 0 N–H and O–H groups in total. The number of hydrogen-bond acceptors (Lipinski definition) is 6. The first-order valence-corrected chi connectivity index (χ1v) is 31.3. The number of rotatable bonds is 54. The second-order valence-electron chi connectivity index (χ2n) is 19.8. The van der Waals surface area contributed by atoms with Gasteiger partial charge in [-0.25, -0.2) is 0 Å². The van der Waals surface area contributed by atoms with E-state index >= 15 is 0 Å². The standard InChI is InChI=1S/C73H112O6/c1-4-7-10-13-16-19-22-25-27-29-31-33-35-36-38-39-41-43-45-48-51-54-57-60-63-66-72(75)78-69-70(68-77-71(74)65-62-59-56-53-50-47-24-21-18-15-12-9-6-3)79-73(76)67-64-61-58-55-52-49-46-44-42-40-37-34-32-30-28-26-23-20-17-14-11-8-5-2/h7-12,16-21,25-28,31-34,36,38,40,42,46-47,49-50,55,58,70H,4-6,13-15,22-24,29-30,35,37,39,41,43-45,48,51-54,56-57,59-69H2,1-3H3/b10-7-,11-8-,12-9-,19-16-,20-17-,21-18-,27-25-,28-26-,33-31-,34-32-,38-36-,42-40-,49-46-,50-47-,58-55-. The molecular weight excluding hydrogens is 973 g/mol. The van der Waals surface area contributed by atoms with Crippen LogP contribution >= 0.6 is 0 Å². The molecule has 0 aromatic rings. The lowest BCUT2D eigenvalue weighted by Crippen LogP contribution is -2.30. The van der Waals surface area contributed by atoms with Crippen molar-refractivity contribution in [1.29, 1.82) is 0 Å². The van der Waals surface area contributed by atoms with Crippen LogP contribution in [0.25, 0.3) is 0 Å². The van der Waals surface area contributed by atoms with Crippen LogP contribution in [-0.2, 0) is 28.6 Å². The lowest BCUT2D eigenvalue weighted by atomic mass is 10.1. The molecule has 1 atom stereocenters. The van der Waals surface area contributed by atoms with Gasteiger partial charge in [-0.2, -0.15) is 0 Å². The second kappa shape index (κ2) is 65.0. The molecule has 440 valence electrons. The molecular formula is C73H112O6. The Morgan fingerprint density at radius 1 is 0.253 bits per heavy atom. The van der Waals surface area contributed by atoms with Gasteiger partial charge in [-0.15, -0.1) is 0 Å². The third-order valence-corrected chi connectivity index (χ3v) is 12.4. The van der Waals surface area contributed by atoms with E-state index in [9.17, 15) is 14.4 Å². The van der Waals surface area contributed by atoms with Crippen molar-refractivity contribution in [2.45, 2.75) is 245 Å². The summed E-state index contributed by atoms with van der Waals surface area (Å²) in [4.78, 5) is 38.3. The van der Waals surface area contributed by atoms with E-state index in [2.05, 4.69) is 203 Å². The topological polar surface area (TPSA) is 78.9 Å². The number of carbonyl (C=O) groups excluding carboxylic acids is 3. The lowest BCUT2D eigenvalue weighted by Gasteiger charge is -2.18. The summed E-state index contributed by atoms with van der Waals surface area (Å²) in [7, 11) is 0. The summed E-state index contributed by atoms with van der Waals surface area (Å²) in [6, 6.07) is 0. The van der Waals surface area contributed by atoms with Gasteiger partial charge in [0.15, 0.2) is 6.10 Å². The van der Waals surface area contributed by atoms with Crippen molar-refractivity contribution in [3.63, 3.8) is 0 Å². The first kappa shape index (κ1) is 73.5. The molecule has 0 aliphatic rings. The molecule has 0 spiro atoms. The van der Waals surface area contributed by atoms with E-state index in [0.29, 0.717) is 19.3 Å². The maximum atomic E-state index is 12.9. The Bertz CT molecular complexity index is 1870. The Balaban J connectivity index is 4.50. The van der Waals surface area contributed by atoms with E-state index in [1.165, 1.54) is 38.5 Å². The average Bonchev–Trinajstić information content (AvgIpc) is 3.45. The highest BCUT2D eigenvalue weighted by atomic mass is 16.6. The summed E-state index contributed by atoms with van der Waals surface area (Å²) in [5, 5.41) is 0. The summed E-state index contributed by atoms with van der Waals surface area (Å²) in [5.41, 5.74) is 0. The first-order valence-electron chi connectivity index (χ1n) is 31.3. The van der Waals surface area contributed by atoms with E-state index in [1.807, 2.05) is 0 Å². The molecule has 6 heteroatoms.